The van der Waals surface area contributed by atoms with E-state index in [1.165, 1.54) is 13.2 Å². The fourth-order valence-electron chi connectivity index (χ4n) is 1.01. The third kappa shape index (κ3) is 2.11. The maximum absolute atomic E-state index is 11.1. The van der Waals surface area contributed by atoms with E-state index in [4.69, 9.17) is 11.1 Å². The highest BCUT2D eigenvalue weighted by Gasteiger charge is 2.09. The van der Waals surface area contributed by atoms with Crippen LogP contribution < -0.4 is 5.73 Å². The molecule has 1 rings (SSSR count). The number of methoxy groups -OCH3 is 1. The van der Waals surface area contributed by atoms with Crippen molar-refractivity contribution in [1.29, 1.82) is 5.41 Å². The Balaban J connectivity index is 3.12. The Morgan fingerprint density at radius 2 is 2.21 bits per heavy atom. The lowest BCUT2D eigenvalue weighted by molar-refractivity contribution is 0.0601. The van der Waals surface area contributed by atoms with Crippen LogP contribution in [0.4, 0.5) is 5.69 Å². The van der Waals surface area contributed by atoms with Crippen LogP contribution in [0.15, 0.2) is 18.2 Å². The van der Waals surface area contributed by atoms with Gasteiger partial charge in [0.25, 0.3) is 0 Å². The zero-order chi connectivity index (χ0) is 10.7. The molecule has 0 saturated heterocycles. The standard InChI is InChI=1S/C9H9BrN2O2/c1-14-9(13)5-2-3-6(8(10)12)7(11)4-5/h2-4,12H,11H2,1H3. The normalized spacial score (nSPS) is 9.57. The van der Waals surface area contributed by atoms with Gasteiger partial charge in [-0.15, -0.1) is 0 Å². The Morgan fingerprint density at radius 3 is 2.64 bits per heavy atom. The molecule has 0 spiro atoms. The largest absolute Gasteiger partial charge is 0.465 e. The van der Waals surface area contributed by atoms with Crippen LogP contribution in [0.3, 0.4) is 0 Å². The summed E-state index contributed by atoms with van der Waals surface area (Å²) in [5, 5.41) is 7.32. The van der Waals surface area contributed by atoms with Gasteiger partial charge in [-0.2, -0.15) is 0 Å². The molecule has 0 atom stereocenters. The molecule has 1 aromatic rings. The average Bonchev–Trinajstić information content (AvgIpc) is 2.15. The number of rotatable bonds is 2. The highest BCUT2D eigenvalue weighted by Crippen LogP contribution is 2.17. The molecule has 0 saturated carbocycles. The fourth-order valence-corrected chi connectivity index (χ4v) is 1.37. The second kappa shape index (κ2) is 4.23. The third-order valence-electron chi connectivity index (χ3n) is 1.71. The second-order valence-electron chi connectivity index (χ2n) is 2.61. The Bertz CT molecular complexity index is 390. The molecule has 0 aliphatic heterocycles. The van der Waals surface area contributed by atoms with Gasteiger partial charge in [0.05, 0.1) is 12.7 Å². The summed E-state index contributed by atoms with van der Waals surface area (Å²) in [6.07, 6.45) is 0. The number of anilines is 1. The molecule has 0 unspecified atom stereocenters. The Hall–Kier alpha value is -1.36. The van der Waals surface area contributed by atoms with E-state index in [0.717, 1.165) is 0 Å². The van der Waals surface area contributed by atoms with Crippen LogP contribution in [0.5, 0.6) is 0 Å². The van der Waals surface area contributed by atoms with Crippen molar-refractivity contribution < 1.29 is 9.53 Å². The van der Waals surface area contributed by atoms with Crippen molar-refractivity contribution in [2.24, 2.45) is 0 Å². The van der Waals surface area contributed by atoms with Crippen molar-refractivity contribution in [3.8, 4) is 0 Å². The zero-order valence-corrected chi connectivity index (χ0v) is 9.09. The van der Waals surface area contributed by atoms with Gasteiger partial charge in [0, 0.05) is 11.3 Å². The lowest BCUT2D eigenvalue weighted by Gasteiger charge is -2.04. The number of hydrogen-bond donors (Lipinski definition) is 2. The Morgan fingerprint density at radius 1 is 1.57 bits per heavy atom. The number of benzene rings is 1. The van der Waals surface area contributed by atoms with Gasteiger partial charge in [-0.05, 0) is 34.1 Å². The molecular formula is C9H9BrN2O2. The minimum Gasteiger partial charge on any atom is -0.465 e. The minimum absolute atomic E-state index is 0.186. The number of nitrogen functional groups attached to an aromatic ring is 1. The van der Waals surface area contributed by atoms with Crippen molar-refractivity contribution in [2.75, 3.05) is 12.8 Å². The number of carbonyl (C=O) groups excluding carboxylic acids is 1. The number of esters is 1. The first kappa shape index (κ1) is 10.7. The number of nitrogens with one attached hydrogen (secondary N) is 1. The number of carbonyl (C=O) groups is 1. The molecule has 1 aromatic carbocycles. The summed E-state index contributed by atoms with van der Waals surface area (Å²) in [5.41, 5.74) is 6.94. The molecule has 0 bridgehead atoms. The summed E-state index contributed by atoms with van der Waals surface area (Å²) < 4.78 is 4.72. The lowest BCUT2D eigenvalue weighted by atomic mass is 10.1. The molecule has 0 fully saturated rings. The van der Waals surface area contributed by atoms with Crippen LogP contribution in [0.25, 0.3) is 0 Å². The smallest absolute Gasteiger partial charge is 0.337 e. The predicted molar refractivity (Wildman–Crippen MR) is 57.9 cm³/mol. The Kier molecular flexibility index (Phi) is 3.24. The average molecular weight is 257 g/mol. The molecule has 3 N–H and O–H groups in total. The maximum Gasteiger partial charge on any atom is 0.337 e. The van der Waals surface area contributed by atoms with Crippen molar-refractivity contribution in [3.63, 3.8) is 0 Å². The van der Waals surface area contributed by atoms with E-state index in [0.29, 0.717) is 16.8 Å². The summed E-state index contributed by atoms with van der Waals surface area (Å²) in [5.74, 6) is -0.440. The van der Waals surface area contributed by atoms with Gasteiger partial charge in [0.1, 0.15) is 4.62 Å². The van der Waals surface area contributed by atoms with Gasteiger partial charge in [-0.1, -0.05) is 0 Å². The lowest BCUT2D eigenvalue weighted by Crippen LogP contribution is -2.04. The highest BCUT2D eigenvalue weighted by atomic mass is 79.9. The number of nitrogens with two attached hydrogens (primary N) is 1. The zero-order valence-electron chi connectivity index (χ0n) is 7.50. The van der Waals surface area contributed by atoms with Crippen LogP contribution in [0.2, 0.25) is 0 Å². The minimum atomic E-state index is -0.440. The van der Waals surface area contributed by atoms with Crippen LogP contribution in [-0.4, -0.2) is 17.7 Å². The summed E-state index contributed by atoms with van der Waals surface area (Å²) in [6, 6.07) is 4.64. The molecule has 4 nitrogen and oxygen atoms in total. The van der Waals surface area contributed by atoms with Crippen molar-refractivity contribution in [3.05, 3.63) is 29.3 Å². The topological polar surface area (TPSA) is 76.2 Å². The summed E-state index contributed by atoms with van der Waals surface area (Å²) in [7, 11) is 1.30. The summed E-state index contributed by atoms with van der Waals surface area (Å²) >= 11 is 3.00. The van der Waals surface area contributed by atoms with E-state index in [1.54, 1.807) is 12.1 Å². The third-order valence-corrected chi connectivity index (χ3v) is 2.14. The SMILES string of the molecule is COC(=O)c1ccc(C(=N)Br)c(N)c1. The Labute approximate surface area is 89.7 Å². The molecule has 74 valence electrons. The molecule has 0 aromatic heterocycles. The van der Waals surface area contributed by atoms with Crippen LogP contribution in [-0.2, 0) is 4.74 Å². The van der Waals surface area contributed by atoms with Gasteiger partial charge in [0.2, 0.25) is 0 Å². The highest BCUT2D eigenvalue weighted by molar-refractivity contribution is 9.18. The van der Waals surface area contributed by atoms with Crippen molar-refractivity contribution in [2.45, 2.75) is 0 Å². The predicted octanol–water partition coefficient (Wildman–Crippen LogP) is 1.78. The van der Waals surface area contributed by atoms with Gasteiger partial charge >= 0.3 is 5.97 Å². The monoisotopic (exact) mass is 256 g/mol. The van der Waals surface area contributed by atoms with E-state index in [-0.39, 0.29) is 4.62 Å². The number of hydrogen-bond acceptors (Lipinski definition) is 4. The molecular weight excluding hydrogens is 248 g/mol. The van der Waals surface area contributed by atoms with Crippen LogP contribution in [0.1, 0.15) is 15.9 Å². The van der Waals surface area contributed by atoms with E-state index in [2.05, 4.69) is 20.7 Å². The number of halogens is 1. The maximum atomic E-state index is 11.1. The summed E-state index contributed by atoms with van der Waals surface area (Å²) in [6.45, 7) is 0. The first-order chi connectivity index (χ1) is 6.56. The van der Waals surface area contributed by atoms with Crippen LogP contribution in [0, 0.1) is 5.41 Å². The van der Waals surface area contributed by atoms with Gasteiger partial charge in [0.15, 0.2) is 0 Å². The molecule has 0 aliphatic carbocycles. The first-order valence-corrected chi connectivity index (χ1v) is 4.58. The van der Waals surface area contributed by atoms with Crippen molar-refractivity contribution in [1.82, 2.24) is 0 Å². The quantitative estimate of drug-likeness (QED) is 0.481. The molecule has 0 radical (unpaired) electrons. The van der Waals surface area contributed by atoms with Gasteiger partial charge in [-0.3, -0.25) is 5.41 Å². The van der Waals surface area contributed by atoms with E-state index < -0.39 is 5.97 Å². The van der Waals surface area contributed by atoms with Crippen molar-refractivity contribution >= 4 is 32.2 Å². The number of ether oxygens (including phenoxy) is 1. The first-order valence-electron chi connectivity index (χ1n) is 3.78. The fraction of sp³-hybridized carbons (Fsp3) is 0.111. The molecule has 0 heterocycles. The molecule has 5 heteroatoms. The van der Waals surface area contributed by atoms with Gasteiger partial charge in [-0.25, -0.2) is 4.79 Å². The molecule has 0 aliphatic rings. The van der Waals surface area contributed by atoms with Gasteiger partial charge < -0.3 is 10.5 Å². The molecule has 14 heavy (non-hydrogen) atoms. The second-order valence-corrected chi connectivity index (χ2v) is 3.40. The van der Waals surface area contributed by atoms with E-state index in [9.17, 15) is 4.79 Å². The van der Waals surface area contributed by atoms with Crippen LogP contribution >= 0.6 is 15.9 Å². The molecule has 0 amide bonds. The van der Waals surface area contributed by atoms with E-state index >= 15 is 0 Å². The summed E-state index contributed by atoms with van der Waals surface area (Å²) in [4.78, 5) is 11.1. The van der Waals surface area contributed by atoms with E-state index in [1.807, 2.05) is 0 Å².